The van der Waals surface area contributed by atoms with Gasteiger partial charge in [0.15, 0.2) is 5.43 Å². The quantitative estimate of drug-likeness (QED) is 0.0559. The van der Waals surface area contributed by atoms with Crippen LogP contribution in [0.5, 0.6) is 0 Å². The summed E-state index contributed by atoms with van der Waals surface area (Å²) in [6.45, 7) is 7.31. The van der Waals surface area contributed by atoms with Gasteiger partial charge in [0, 0.05) is 55.1 Å². The normalized spacial score (nSPS) is 12.2. The molecule has 0 amide bonds. The maximum Gasteiger partial charge on any atom is 0.306 e. The van der Waals surface area contributed by atoms with Crippen molar-refractivity contribution in [1.82, 2.24) is 4.57 Å². The minimum Gasteiger partial charge on any atom is -0.460 e. The molecular formula is C33H31Cl2IN2O6. The number of halogens is 3. The highest BCUT2D eigenvalue weighted by atomic mass is 127. The zero-order chi connectivity index (χ0) is 32.3. The van der Waals surface area contributed by atoms with Gasteiger partial charge < -0.3 is 9.30 Å². The number of hydrogen-bond donors (Lipinski definition) is 0. The van der Waals surface area contributed by atoms with Crippen LogP contribution in [0.15, 0.2) is 70.3 Å². The van der Waals surface area contributed by atoms with Gasteiger partial charge in [-0.3, -0.25) is 24.5 Å². The van der Waals surface area contributed by atoms with Crippen LogP contribution in [0.1, 0.15) is 64.0 Å². The SMILES string of the molecule is CC(c1ccc(Cl)cc1[N+](=O)[O-])c1c(-c2ccc(Cl)cc2)c(=O)n(CCCCC(=O)OC(C)(C)C)c2ccc(I)cc2c1=O. The van der Waals surface area contributed by atoms with E-state index in [1.54, 1.807) is 68.7 Å². The van der Waals surface area contributed by atoms with Crippen LogP contribution in [-0.2, 0) is 16.1 Å². The van der Waals surface area contributed by atoms with Gasteiger partial charge in [-0.15, -0.1) is 0 Å². The molecule has 4 rings (SSSR count). The molecule has 1 heterocycles. The number of nitro groups is 1. The first kappa shape index (κ1) is 33.6. The van der Waals surface area contributed by atoms with Crippen molar-refractivity contribution >= 4 is 68.4 Å². The lowest BCUT2D eigenvalue weighted by Crippen LogP contribution is -2.24. The van der Waals surface area contributed by atoms with Crippen molar-refractivity contribution in [2.24, 2.45) is 0 Å². The number of carbonyl (C=O) groups excluding carboxylic acids is 1. The monoisotopic (exact) mass is 748 g/mol. The second kappa shape index (κ2) is 13.8. The van der Waals surface area contributed by atoms with E-state index in [9.17, 15) is 24.5 Å². The van der Waals surface area contributed by atoms with Gasteiger partial charge in [-0.1, -0.05) is 48.3 Å². The van der Waals surface area contributed by atoms with Gasteiger partial charge in [0.25, 0.3) is 11.2 Å². The molecule has 230 valence electrons. The standard InChI is InChI=1S/C33H31Cl2IN2O6/c1-19(24-14-12-22(35)17-27(24)38(42)43)29-30(20-8-10-21(34)11-9-20)32(41)37(16-6-5-7-28(39)44-33(2,3)4)26-15-13-23(36)18-25(26)31(29)40/h8-15,17-19H,5-7,16H2,1-4H3. The number of aryl methyl sites for hydroxylation is 1. The second-order valence-corrected chi connectivity index (χ2v) is 13.6. The van der Waals surface area contributed by atoms with Crippen molar-refractivity contribution in [3.8, 4) is 11.1 Å². The highest BCUT2D eigenvalue weighted by Gasteiger charge is 2.28. The lowest BCUT2D eigenvalue weighted by Gasteiger charge is -2.19. The summed E-state index contributed by atoms with van der Waals surface area (Å²) in [5, 5.41) is 13.0. The maximum atomic E-state index is 14.6. The van der Waals surface area contributed by atoms with E-state index in [0.717, 1.165) is 3.57 Å². The van der Waals surface area contributed by atoms with Gasteiger partial charge in [0.2, 0.25) is 0 Å². The molecule has 1 unspecified atom stereocenters. The lowest BCUT2D eigenvalue weighted by molar-refractivity contribution is -0.385. The molecule has 8 nitrogen and oxygen atoms in total. The molecule has 0 spiro atoms. The van der Waals surface area contributed by atoms with Crippen molar-refractivity contribution in [2.45, 2.75) is 65.0 Å². The first-order valence-electron chi connectivity index (χ1n) is 14.0. The number of carbonyl (C=O) groups is 1. The van der Waals surface area contributed by atoms with Crippen LogP contribution < -0.4 is 11.0 Å². The van der Waals surface area contributed by atoms with Crippen LogP contribution >= 0.6 is 45.8 Å². The summed E-state index contributed by atoms with van der Waals surface area (Å²) >= 11 is 14.4. The number of ether oxygens (including phenoxy) is 1. The third kappa shape index (κ3) is 7.68. The summed E-state index contributed by atoms with van der Waals surface area (Å²) < 4.78 is 7.75. The van der Waals surface area contributed by atoms with Crippen LogP contribution in [0, 0.1) is 13.7 Å². The largest absolute Gasteiger partial charge is 0.460 e. The Bertz CT molecular complexity index is 1870. The fraction of sp³-hybridized carbons (Fsp3) is 0.303. The van der Waals surface area contributed by atoms with Crippen LogP contribution in [0.4, 0.5) is 5.69 Å². The lowest BCUT2D eigenvalue weighted by atomic mass is 9.87. The average molecular weight is 749 g/mol. The molecule has 1 aromatic heterocycles. The molecule has 0 aliphatic heterocycles. The van der Waals surface area contributed by atoms with Crippen LogP contribution in [-0.4, -0.2) is 21.1 Å². The maximum absolute atomic E-state index is 14.6. The molecule has 0 aliphatic carbocycles. The highest BCUT2D eigenvalue weighted by molar-refractivity contribution is 14.1. The zero-order valence-corrected chi connectivity index (χ0v) is 28.3. The average Bonchev–Trinajstić information content (AvgIpc) is 3.02. The molecule has 4 aromatic rings. The van der Waals surface area contributed by atoms with E-state index in [4.69, 9.17) is 27.9 Å². The number of nitrogens with zero attached hydrogens (tertiary/aromatic N) is 2. The summed E-state index contributed by atoms with van der Waals surface area (Å²) in [4.78, 5) is 52.9. The summed E-state index contributed by atoms with van der Waals surface area (Å²) in [6.07, 6.45) is 1.11. The first-order chi connectivity index (χ1) is 20.7. The number of nitro benzene ring substituents is 1. The molecule has 0 bridgehead atoms. The Morgan fingerprint density at radius 2 is 1.66 bits per heavy atom. The molecule has 1 atom stereocenters. The van der Waals surface area contributed by atoms with E-state index in [0.29, 0.717) is 34.3 Å². The molecular weight excluding hydrogens is 718 g/mol. The molecule has 11 heteroatoms. The van der Waals surface area contributed by atoms with Crippen LogP contribution in [0.3, 0.4) is 0 Å². The van der Waals surface area contributed by atoms with E-state index in [1.807, 2.05) is 6.07 Å². The Labute approximate surface area is 278 Å². The van der Waals surface area contributed by atoms with Crippen molar-refractivity contribution in [2.75, 3.05) is 0 Å². The third-order valence-corrected chi connectivity index (χ3v) is 8.28. The smallest absolute Gasteiger partial charge is 0.306 e. The Kier molecular flexibility index (Phi) is 10.5. The molecule has 0 radical (unpaired) electrons. The zero-order valence-electron chi connectivity index (χ0n) is 24.7. The van der Waals surface area contributed by atoms with Crippen molar-refractivity contribution in [1.29, 1.82) is 0 Å². The second-order valence-electron chi connectivity index (χ2n) is 11.5. The van der Waals surface area contributed by atoms with Gasteiger partial charge in [0.05, 0.1) is 16.0 Å². The minimum atomic E-state index is -0.854. The minimum absolute atomic E-state index is 0.127. The molecule has 0 saturated carbocycles. The van der Waals surface area contributed by atoms with Gasteiger partial charge >= 0.3 is 5.97 Å². The number of esters is 1. The van der Waals surface area contributed by atoms with Gasteiger partial charge in [0.1, 0.15) is 5.60 Å². The summed E-state index contributed by atoms with van der Waals surface area (Å²) in [5.41, 5.74) is -0.312. The van der Waals surface area contributed by atoms with Gasteiger partial charge in [-0.25, -0.2) is 0 Å². The number of fused-ring (bicyclic) bond motifs is 1. The molecule has 0 saturated heterocycles. The fourth-order valence-electron chi connectivity index (χ4n) is 5.20. The summed E-state index contributed by atoms with van der Waals surface area (Å²) in [6, 6.07) is 16.1. The Hall–Kier alpha value is -3.28. The highest BCUT2D eigenvalue weighted by Crippen LogP contribution is 2.36. The molecule has 3 aromatic carbocycles. The van der Waals surface area contributed by atoms with Crippen LogP contribution in [0.25, 0.3) is 22.0 Å². The number of benzene rings is 3. The topological polar surface area (TPSA) is 109 Å². The first-order valence-corrected chi connectivity index (χ1v) is 15.8. The number of aromatic nitrogens is 1. The number of rotatable bonds is 9. The predicted octanol–water partition coefficient (Wildman–Crippen LogP) is 8.51. The van der Waals surface area contributed by atoms with Crippen molar-refractivity contribution < 1.29 is 14.5 Å². The van der Waals surface area contributed by atoms with Crippen molar-refractivity contribution in [3.05, 3.63) is 116 Å². The van der Waals surface area contributed by atoms with Crippen molar-refractivity contribution in [3.63, 3.8) is 0 Å². The van der Waals surface area contributed by atoms with E-state index in [1.165, 1.54) is 18.2 Å². The van der Waals surface area contributed by atoms with Crippen LogP contribution in [0.2, 0.25) is 10.0 Å². The molecule has 44 heavy (non-hydrogen) atoms. The fourth-order valence-corrected chi connectivity index (χ4v) is 5.99. The third-order valence-electron chi connectivity index (χ3n) is 7.12. The van der Waals surface area contributed by atoms with Gasteiger partial charge in [-0.05, 0) is 98.2 Å². The molecule has 0 fully saturated rings. The number of unbranched alkanes of at least 4 members (excludes halogenated alkanes) is 1. The summed E-state index contributed by atoms with van der Waals surface area (Å²) in [7, 11) is 0. The molecule has 0 aliphatic rings. The summed E-state index contributed by atoms with van der Waals surface area (Å²) in [5.74, 6) is -1.18. The van der Waals surface area contributed by atoms with Gasteiger partial charge in [-0.2, -0.15) is 0 Å². The van der Waals surface area contributed by atoms with E-state index in [2.05, 4.69) is 22.6 Å². The molecule has 0 N–H and O–H groups in total. The van der Waals surface area contributed by atoms with E-state index >= 15 is 0 Å². The predicted molar refractivity (Wildman–Crippen MR) is 183 cm³/mol. The Balaban J connectivity index is 1.99. The Morgan fingerprint density at radius 3 is 2.30 bits per heavy atom. The van der Waals surface area contributed by atoms with E-state index < -0.39 is 27.4 Å². The number of hydrogen-bond acceptors (Lipinski definition) is 6. The van der Waals surface area contributed by atoms with E-state index in [-0.39, 0.29) is 46.3 Å². The Morgan fingerprint density at radius 1 is 1.00 bits per heavy atom.